The third-order valence-corrected chi connectivity index (χ3v) is 5.08. The predicted octanol–water partition coefficient (Wildman–Crippen LogP) is 5.38. The van der Waals surface area contributed by atoms with Crippen molar-refractivity contribution in [2.45, 2.75) is 45.1 Å². The Morgan fingerprint density at radius 3 is 2.80 bits per heavy atom. The van der Waals surface area contributed by atoms with Crippen LogP contribution in [-0.2, 0) is 4.79 Å². The SMILES string of the molecule is C[C@H](Oc1ccc2cc(Br)ccc2c1)C(=O)NCCC1=CCCCC1. The summed E-state index contributed by atoms with van der Waals surface area (Å²) >= 11 is 3.47. The maximum Gasteiger partial charge on any atom is 0.260 e. The monoisotopic (exact) mass is 401 g/mol. The van der Waals surface area contributed by atoms with Gasteiger partial charge in [0.15, 0.2) is 6.10 Å². The number of benzene rings is 2. The van der Waals surface area contributed by atoms with E-state index < -0.39 is 6.10 Å². The predicted molar refractivity (Wildman–Crippen MR) is 106 cm³/mol. The van der Waals surface area contributed by atoms with Gasteiger partial charge < -0.3 is 10.1 Å². The minimum Gasteiger partial charge on any atom is -0.481 e. The van der Waals surface area contributed by atoms with Gasteiger partial charge in [0.25, 0.3) is 5.91 Å². The fourth-order valence-corrected chi connectivity index (χ4v) is 3.53. The molecule has 1 aliphatic rings. The smallest absolute Gasteiger partial charge is 0.260 e. The number of rotatable bonds is 6. The molecule has 0 aromatic heterocycles. The average molecular weight is 402 g/mol. The van der Waals surface area contributed by atoms with Crippen LogP contribution in [0.15, 0.2) is 52.5 Å². The Hall–Kier alpha value is -1.81. The summed E-state index contributed by atoms with van der Waals surface area (Å²) in [6, 6.07) is 12.0. The third kappa shape index (κ3) is 5.08. The van der Waals surface area contributed by atoms with Gasteiger partial charge in [-0.3, -0.25) is 4.79 Å². The fraction of sp³-hybridized carbons (Fsp3) is 0.381. The number of hydrogen-bond donors (Lipinski definition) is 1. The molecule has 0 bridgehead atoms. The highest BCUT2D eigenvalue weighted by atomic mass is 79.9. The van der Waals surface area contributed by atoms with E-state index in [0.29, 0.717) is 12.3 Å². The highest BCUT2D eigenvalue weighted by Crippen LogP contribution is 2.24. The lowest BCUT2D eigenvalue weighted by Gasteiger charge is -2.16. The molecule has 0 radical (unpaired) electrons. The molecule has 1 atom stereocenters. The molecule has 132 valence electrons. The summed E-state index contributed by atoms with van der Waals surface area (Å²) in [4.78, 5) is 12.2. The van der Waals surface area contributed by atoms with Crippen LogP contribution in [0.5, 0.6) is 5.75 Å². The zero-order chi connectivity index (χ0) is 17.6. The number of carbonyl (C=O) groups is 1. The Morgan fingerprint density at radius 2 is 2.00 bits per heavy atom. The first-order chi connectivity index (χ1) is 12.1. The van der Waals surface area contributed by atoms with E-state index in [1.54, 1.807) is 6.92 Å². The van der Waals surface area contributed by atoms with Gasteiger partial charge in [0.1, 0.15) is 5.75 Å². The summed E-state index contributed by atoms with van der Waals surface area (Å²) < 4.78 is 6.87. The quantitative estimate of drug-likeness (QED) is 0.660. The topological polar surface area (TPSA) is 38.3 Å². The van der Waals surface area contributed by atoms with Crippen LogP contribution >= 0.6 is 15.9 Å². The van der Waals surface area contributed by atoms with Crippen LogP contribution in [0.1, 0.15) is 39.0 Å². The van der Waals surface area contributed by atoms with Gasteiger partial charge in [0.2, 0.25) is 0 Å². The van der Waals surface area contributed by atoms with Crippen LogP contribution in [0.4, 0.5) is 0 Å². The molecule has 2 aromatic carbocycles. The molecule has 1 N–H and O–H groups in total. The minimum atomic E-state index is -0.506. The molecule has 3 rings (SSSR count). The first-order valence-electron chi connectivity index (χ1n) is 8.93. The van der Waals surface area contributed by atoms with Gasteiger partial charge in [-0.1, -0.05) is 39.7 Å². The highest BCUT2D eigenvalue weighted by Gasteiger charge is 2.14. The zero-order valence-electron chi connectivity index (χ0n) is 14.6. The summed E-state index contributed by atoms with van der Waals surface area (Å²) in [5.74, 6) is 0.653. The Balaban J connectivity index is 1.52. The fourth-order valence-electron chi connectivity index (χ4n) is 3.15. The van der Waals surface area contributed by atoms with Crippen molar-refractivity contribution < 1.29 is 9.53 Å². The molecule has 0 saturated heterocycles. The Kier molecular flexibility index (Phi) is 6.14. The van der Waals surface area contributed by atoms with Crippen LogP contribution in [-0.4, -0.2) is 18.6 Å². The molecular formula is C21H24BrNO2. The van der Waals surface area contributed by atoms with Gasteiger partial charge in [-0.05, 0) is 74.1 Å². The molecule has 0 spiro atoms. The number of ether oxygens (including phenoxy) is 1. The van der Waals surface area contributed by atoms with Gasteiger partial charge in [-0.25, -0.2) is 0 Å². The van der Waals surface area contributed by atoms with E-state index in [1.165, 1.54) is 31.3 Å². The lowest BCUT2D eigenvalue weighted by atomic mass is 9.97. The van der Waals surface area contributed by atoms with Crippen molar-refractivity contribution in [2.24, 2.45) is 0 Å². The van der Waals surface area contributed by atoms with E-state index in [0.717, 1.165) is 21.7 Å². The second kappa shape index (κ2) is 8.52. The molecule has 0 unspecified atom stereocenters. The van der Waals surface area contributed by atoms with Crippen LogP contribution < -0.4 is 10.1 Å². The standard InChI is InChI=1S/C21H24BrNO2/c1-15(21(24)23-12-11-16-5-3-2-4-6-16)25-20-10-8-17-13-19(22)9-7-18(17)14-20/h5,7-10,13-15H,2-4,6,11-12H2,1H3,(H,23,24)/t15-/m0/s1. The number of nitrogens with one attached hydrogen (secondary N) is 1. The van der Waals surface area contributed by atoms with Gasteiger partial charge in [0.05, 0.1) is 0 Å². The number of amides is 1. The Labute approximate surface area is 157 Å². The molecule has 0 saturated carbocycles. The van der Waals surface area contributed by atoms with E-state index in [9.17, 15) is 4.79 Å². The van der Waals surface area contributed by atoms with Crippen molar-refractivity contribution in [1.82, 2.24) is 5.32 Å². The van der Waals surface area contributed by atoms with E-state index in [-0.39, 0.29) is 5.91 Å². The van der Waals surface area contributed by atoms with Gasteiger partial charge in [0, 0.05) is 11.0 Å². The van der Waals surface area contributed by atoms with Gasteiger partial charge in [-0.2, -0.15) is 0 Å². The number of hydrogen-bond acceptors (Lipinski definition) is 2. The van der Waals surface area contributed by atoms with E-state index >= 15 is 0 Å². The second-order valence-electron chi connectivity index (χ2n) is 6.56. The minimum absolute atomic E-state index is 0.0627. The van der Waals surface area contributed by atoms with Crippen molar-refractivity contribution in [3.8, 4) is 5.75 Å². The average Bonchev–Trinajstić information content (AvgIpc) is 2.62. The molecule has 1 aliphatic carbocycles. The molecule has 0 heterocycles. The summed E-state index contributed by atoms with van der Waals surface area (Å²) in [6.45, 7) is 2.48. The Morgan fingerprint density at radius 1 is 1.20 bits per heavy atom. The summed E-state index contributed by atoms with van der Waals surface area (Å²) in [5.41, 5.74) is 1.47. The van der Waals surface area contributed by atoms with E-state index in [1.807, 2.05) is 30.3 Å². The summed E-state index contributed by atoms with van der Waals surface area (Å²) in [5, 5.41) is 5.22. The van der Waals surface area contributed by atoms with Crippen LogP contribution in [0.25, 0.3) is 10.8 Å². The number of halogens is 1. The number of fused-ring (bicyclic) bond motifs is 1. The maximum absolute atomic E-state index is 12.2. The molecule has 0 aliphatic heterocycles. The summed E-state index contributed by atoms with van der Waals surface area (Å²) in [7, 11) is 0. The van der Waals surface area contributed by atoms with Crippen molar-refractivity contribution >= 4 is 32.6 Å². The van der Waals surface area contributed by atoms with Crippen LogP contribution in [0, 0.1) is 0 Å². The van der Waals surface area contributed by atoms with Crippen molar-refractivity contribution in [3.05, 3.63) is 52.5 Å². The van der Waals surface area contributed by atoms with E-state index in [4.69, 9.17) is 4.74 Å². The van der Waals surface area contributed by atoms with Crippen molar-refractivity contribution in [3.63, 3.8) is 0 Å². The summed E-state index contributed by atoms with van der Waals surface area (Å²) in [6.07, 6.45) is 7.69. The first-order valence-corrected chi connectivity index (χ1v) is 9.73. The largest absolute Gasteiger partial charge is 0.481 e. The van der Waals surface area contributed by atoms with Crippen molar-refractivity contribution in [1.29, 1.82) is 0 Å². The molecule has 0 fully saturated rings. The number of carbonyl (C=O) groups excluding carboxylic acids is 1. The normalized spacial score (nSPS) is 15.5. The molecule has 4 heteroatoms. The van der Waals surface area contributed by atoms with Gasteiger partial charge in [-0.15, -0.1) is 0 Å². The molecule has 1 amide bonds. The van der Waals surface area contributed by atoms with Crippen molar-refractivity contribution in [2.75, 3.05) is 6.54 Å². The van der Waals surface area contributed by atoms with Crippen LogP contribution in [0.3, 0.4) is 0 Å². The lowest BCUT2D eigenvalue weighted by molar-refractivity contribution is -0.127. The second-order valence-corrected chi connectivity index (χ2v) is 7.48. The molecule has 2 aromatic rings. The molecule has 25 heavy (non-hydrogen) atoms. The highest BCUT2D eigenvalue weighted by molar-refractivity contribution is 9.10. The maximum atomic E-state index is 12.2. The first kappa shape index (κ1) is 18.0. The lowest BCUT2D eigenvalue weighted by Crippen LogP contribution is -2.36. The third-order valence-electron chi connectivity index (χ3n) is 4.59. The molecule has 3 nitrogen and oxygen atoms in total. The van der Waals surface area contributed by atoms with Crippen LogP contribution in [0.2, 0.25) is 0 Å². The number of allylic oxidation sites excluding steroid dienone is 1. The van der Waals surface area contributed by atoms with Gasteiger partial charge >= 0.3 is 0 Å². The zero-order valence-corrected chi connectivity index (χ0v) is 16.1. The molecular weight excluding hydrogens is 378 g/mol. The Bertz CT molecular complexity index is 785. The van der Waals surface area contributed by atoms with E-state index in [2.05, 4.69) is 33.4 Å².